The third-order valence-electron chi connectivity index (χ3n) is 3.47. The lowest BCUT2D eigenvalue weighted by atomic mass is 9.76. The first-order chi connectivity index (χ1) is 7.19. The molecule has 0 heterocycles. The molecule has 0 aromatic heterocycles. The average Bonchev–Trinajstić information content (AvgIpc) is 2.31. The Morgan fingerprint density at radius 1 is 1.06 bits per heavy atom. The van der Waals surface area contributed by atoms with Gasteiger partial charge in [0, 0.05) is 0 Å². The summed E-state index contributed by atoms with van der Waals surface area (Å²) in [5.41, 5.74) is 0.409. The van der Waals surface area contributed by atoms with E-state index in [1.165, 1.54) is 0 Å². The summed E-state index contributed by atoms with van der Waals surface area (Å²) in [6, 6.07) is 10.0. The van der Waals surface area contributed by atoms with E-state index in [0.717, 1.165) is 24.8 Å². The van der Waals surface area contributed by atoms with Crippen LogP contribution in [0.5, 0.6) is 0 Å². The van der Waals surface area contributed by atoms with Gasteiger partial charge < -0.3 is 11.3 Å². The lowest BCUT2D eigenvalue weighted by Crippen LogP contribution is -2.33. The molecule has 4 N–H and O–H groups in total. The Morgan fingerprint density at radius 2 is 1.56 bits per heavy atom. The zero-order valence-electron chi connectivity index (χ0n) is 10.7. The predicted molar refractivity (Wildman–Crippen MR) is 69.7 cm³/mol. The highest BCUT2D eigenvalue weighted by Gasteiger charge is 2.34. The third kappa shape index (κ3) is 2.83. The molecule has 0 fully saturated rings. The number of hydrogen-bond donors (Lipinski definition) is 2. The molecule has 0 aliphatic heterocycles. The Hall–Kier alpha value is -0.860. The summed E-state index contributed by atoms with van der Waals surface area (Å²) >= 11 is 0. The van der Waals surface area contributed by atoms with Crippen molar-refractivity contribution in [3.63, 3.8) is 0 Å². The Morgan fingerprint density at radius 3 is 1.94 bits per heavy atom. The normalized spacial score (nSPS) is 14.3. The van der Waals surface area contributed by atoms with Crippen LogP contribution in [0.3, 0.4) is 0 Å². The van der Waals surface area contributed by atoms with E-state index in [-0.39, 0.29) is 6.15 Å². The Balaban J connectivity index is 0.00000225. The van der Waals surface area contributed by atoms with Crippen molar-refractivity contribution in [3.05, 3.63) is 35.9 Å². The minimum Gasteiger partial charge on any atom is -0.385 e. The summed E-state index contributed by atoms with van der Waals surface area (Å²) in [6.45, 7) is 6.36. The molecule has 1 atom stereocenters. The number of benzene rings is 1. The van der Waals surface area contributed by atoms with Gasteiger partial charge in [-0.3, -0.25) is 0 Å². The van der Waals surface area contributed by atoms with Crippen LogP contribution in [0.2, 0.25) is 0 Å². The van der Waals surface area contributed by atoms with Crippen molar-refractivity contribution in [2.24, 2.45) is 5.92 Å². The van der Waals surface area contributed by atoms with E-state index < -0.39 is 5.60 Å². The summed E-state index contributed by atoms with van der Waals surface area (Å²) in [6.07, 6.45) is 2.83. The zero-order valence-corrected chi connectivity index (χ0v) is 10.7. The molecule has 92 valence electrons. The molecule has 0 radical (unpaired) electrons. The predicted octanol–water partition coefficient (Wildman–Crippen LogP) is 3.88. The van der Waals surface area contributed by atoms with Crippen molar-refractivity contribution in [2.45, 2.75) is 45.6 Å². The van der Waals surface area contributed by atoms with Crippen LogP contribution in [0.4, 0.5) is 0 Å². The first-order valence-corrected chi connectivity index (χ1v) is 5.96. The molecule has 16 heavy (non-hydrogen) atoms. The molecule has 1 aromatic rings. The van der Waals surface area contributed by atoms with Gasteiger partial charge in [-0.1, -0.05) is 63.9 Å². The van der Waals surface area contributed by atoms with Crippen molar-refractivity contribution in [1.29, 1.82) is 0 Å². The van der Waals surface area contributed by atoms with Gasteiger partial charge in [0.15, 0.2) is 0 Å². The van der Waals surface area contributed by atoms with Gasteiger partial charge in [0.2, 0.25) is 0 Å². The first-order valence-electron chi connectivity index (χ1n) is 5.96. The van der Waals surface area contributed by atoms with Crippen LogP contribution in [0, 0.1) is 5.92 Å². The van der Waals surface area contributed by atoms with Gasteiger partial charge in [0.1, 0.15) is 0 Å². The Kier molecular flexibility index (Phi) is 6.31. The van der Waals surface area contributed by atoms with E-state index in [1.807, 2.05) is 30.3 Å². The lowest BCUT2D eigenvalue weighted by molar-refractivity contribution is -0.0313. The molecule has 0 aliphatic rings. The SMILES string of the molecule is CCC(CC)C(O)(CC)c1ccccc1.N. The number of rotatable bonds is 5. The molecule has 0 saturated carbocycles. The van der Waals surface area contributed by atoms with Crippen molar-refractivity contribution in [3.8, 4) is 0 Å². The molecule has 0 spiro atoms. The molecule has 2 nitrogen and oxygen atoms in total. The molecule has 1 rings (SSSR count). The Bertz CT molecular complexity index is 282. The summed E-state index contributed by atoms with van der Waals surface area (Å²) in [5, 5.41) is 10.8. The fourth-order valence-electron chi connectivity index (χ4n) is 2.42. The highest BCUT2D eigenvalue weighted by atomic mass is 16.3. The van der Waals surface area contributed by atoms with E-state index >= 15 is 0 Å². The van der Waals surface area contributed by atoms with E-state index in [1.54, 1.807) is 0 Å². The maximum absolute atomic E-state index is 10.8. The summed E-state index contributed by atoms with van der Waals surface area (Å²) in [4.78, 5) is 0. The number of hydrogen-bond acceptors (Lipinski definition) is 2. The van der Waals surface area contributed by atoms with Crippen LogP contribution < -0.4 is 6.15 Å². The monoisotopic (exact) mass is 223 g/mol. The fourth-order valence-corrected chi connectivity index (χ4v) is 2.42. The minimum absolute atomic E-state index is 0. The maximum Gasteiger partial charge on any atom is 0.0921 e. The molecule has 1 unspecified atom stereocenters. The smallest absolute Gasteiger partial charge is 0.0921 e. The second kappa shape index (κ2) is 6.66. The van der Waals surface area contributed by atoms with E-state index in [4.69, 9.17) is 0 Å². The van der Waals surface area contributed by atoms with Crippen LogP contribution in [-0.4, -0.2) is 5.11 Å². The standard InChI is InChI=1S/C14H22O.H3N/c1-4-12(5-2)14(15,6-3)13-10-8-7-9-11-13;/h7-12,15H,4-6H2,1-3H3;1H3. The quantitative estimate of drug-likeness (QED) is 0.795. The van der Waals surface area contributed by atoms with E-state index in [2.05, 4.69) is 20.8 Å². The fraction of sp³-hybridized carbons (Fsp3) is 0.571. The molecular formula is C14H25NO. The van der Waals surface area contributed by atoms with Gasteiger partial charge in [-0.15, -0.1) is 0 Å². The largest absolute Gasteiger partial charge is 0.385 e. The lowest BCUT2D eigenvalue weighted by Gasteiger charge is -2.35. The molecule has 2 heteroatoms. The summed E-state index contributed by atoms with van der Waals surface area (Å²) in [5.74, 6) is 0.352. The van der Waals surface area contributed by atoms with Gasteiger partial charge >= 0.3 is 0 Å². The molecule has 1 aromatic carbocycles. The molecule has 0 saturated heterocycles. The first kappa shape index (κ1) is 15.1. The number of aliphatic hydroxyl groups is 1. The minimum atomic E-state index is -0.648. The van der Waals surface area contributed by atoms with Gasteiger partial charge in [-0.25, -0.2) is 0 Å². The summed E-state index contributed by atoms with van der Waals surface area (Å²) in [7, 11) is 0. The molecule has 0 amide bonds. The van der Waals surface area contributed by atoms with Crippen molar-refractivity contribution >= 4 is 0 Å². The molecule has 0 aliphatic carbocycles. The van der Waals surface area contributed by atoms with Crippen molar-refractivity contribution in [1.82, 2.24) is 6.15 Å². The van der Waals surface area contributed by atoms with E-state index in [0.29, 0.717) is 5.92 Å². The average molecular weight is 223 g/mol. The topological polar surface area (TPSA) is 55.2 Å². The highest BCUT2D eigenvalue weighted by Crippen LogP contribution is 2.36. The van der Waals surface area contributed by atoms with Gasteiger partial charge in [-0.05, 0) is 17.9 Å². The molecular weight excluding hydrogens is 198 g/mol. The van der Waals surface area contributed by atoms with Crippen LogP contribution in [-0.2, 0) is 5.60 Å². The Labute approximate surface area is 99.3 Å². The summed E-state index contributed by atoms with van der Waals surface area (Å²) < 4.78 is 0. The van der Waals surface area contributed by atoms with Gasteiger partial charge in [-0.2, -0.15) is 0 Å². The second-order valence-electron chi connectivity index (χ2n) is 4.16. The van der Waals surface area contributed by atoms with Crippen LogP contribution in [0.1, 0.15) is 45.6 Å². The molecule has 0 bridgehead atoms. The van der Waals surface area contributed by atoms with Crippen LogP contribution >= 0.6 is 0 Å². The van der Waals surface area contributed by atoms with Crippen molar-refractivity contribution < 1.29 is 5.11 Å². The van der Waals surface area contributed by atoms with Crippen LogP contribution in [0.25, 0.3) is 0 Å². The van der Waals surface area contributed by atoms with Crippen LogP contribution in [0.15, 0.2) is 30.3 Å². The second-order valence-corrected chi connectivity index (χ2v) is 4.16. The van der Waals surface area contributed by atoms with Gasteiger partial charge in [0.05, 0.1) is 5.60 Å². The van der Waals surface area contributed by atoms with E-state index in [9.17, 15) is 5.11 Å². The highest BCUT2D eigenvalue weighted by molar-refractivity contribution is 5.23. The van der Waals surface area contributed by atoms with Crippen molar-refractivity contribution in [2.75, 3.05) is 0 Å². The zero-order chi connectivity index (χ0) is 11.3. The third-order valence-corrected chi connectivity index (χ3v) is 3.47. The maximum atomic E-state index is 10.8. The van der Waals surface area contributed by atoms with Gasteiger partial charge in [0.25, 0.3) is 0 Å².